The van der Waals surface area contributed by atoms with Gasteiger partial charge in [-0.3, -0.25) is 0 Å². The van der Waals surface area contributed by atoms with Gasteiger partial charge in [0.1, 0.15) is 0 Å². The summed E-state index contributed by atoms with van der Waals surface area (Å²) in [7, 11) is 4.48. The van der Waals surface area contributed by atoms with E-state index in [0.717, 1.165) is 17.6 Å². The molecule has 0 aromatic heterocycles. The number of hydrogen-bond donors (Lipinski definition) is 1. The fourth-order valence-electron chi connectivity index (χ4n) is 2.45. The third kappa shape index (κ3) is 4.75. The molecular weight excluding hydrogens is 204 g/mol. The molecule has 3 heteroatoms. The van der Waals surface area contributed by atoms with Crippen molar-refractivity contribution in [2.24, 2.45) is 11.8 Å². The van der Waals surface area contributed by atoms with Gasteiger partial charge in [0, 0.05) is 19.6 Å². The van der Waals surface area contributed by atoms with Crippen molar-refractivity contribution >= 4 is 12.6 Å². The molecule has 0 aliphatic carbocycles. The highest BCUT2D eigenvalue weighted by atomic mass is 32.1. The van der Waals surface area contributed by atoms with Crippen LogP contribution in [0.1, 0.15) is 19.8 Å². The van der Waals surface area contributed by atoms with Crippen molar-refractivity contribution in [3.63, 3.8) is 0 Å². The second kappa shape index (κ2) is 6.77. The molecule has 1 saturated heterocycles. The van der Waals surface area contributed by atoms with Crippen LogP contribution in [-0.4, -0.2) is 55.8 Å². The van der Waals surface area contributed by atoms with E-state index in [1.807, 2.05) is 0 Å². The Morgan fingerprint density at radius 2 is 2.27 bits per heavy atom. The highest BCUT2D eigenvalue weighted by Crippen LogP contribution is 2.16. The van der Waals surface area contributed by atoms with E-state index in [-0.39, 0.29) is 0 Å². The molecule has 1 fully saturated rings. The smallest absolute Gasteiger partial charge is 0.00194 e. The number of rotatable bonds is 6. The largest absolute Gasteiger partial charge is 0.306 e. The minimum atomic E-state index is 0.762. The van der Waals surface area contributed by atoms with Gasteiger partial charge in [-0.05, 0) is 44.6 Å². The molecule has 0 amide bonds. The van der Waals surface area contributed by atoms with E-state index < -0.39 is 0 Å². The lowest BCUT2D eigenvalue weighted by atomic mass is 10.1. The lowest BCUT2D eigenvalue weighted by molar-refractivity contribution is 0.242. The molecule has 1 rings (SSSR count). The first-order valence-electron chi connectivity index (χ1n) is 6.13. The molecule has 0 radical (unpaired) electrons. The molecule has 2 unspecified atom stereocenters. The first kappa shape index (κ1) is 13.3. The first-order valence-corrected chi connectivity index (χ1v) is 6.76. The molecule has 2 nitrogen and oxygen atoms in total. The Bertz CT molecular complexity index is 171. The minimum absolute atomic E-state index is 0.762. The van der Waals surface area contributed by atoms with E-state index in [2.05, 4.69) is 43.4 Å². The monoisotopic (exact) mass is 230 g/mol. The predicted octanol–water partition coefficient (Wildman–Crippen LogP) is 1.83. The van der Waals surface area contributed by atoms with Crippen molar-refractivity contribution in [2.75, 3.05) is 46.0 Å². The predicted molar refractivity (Wildman–Crippen MR) is 70.7 cm³/mol. The molecule has 1 heterocycles. The maximum atomic E-state index is 4.40. The van der Waals surface area contributed by atoms with E-state index in [1.165, 1.54) is 39.0 Å². The highest BCUT2D eigenvalue weighted by Gasteiger charge is 2.21. The maximum absolute atomic E-state index is 4.40. The van der Waals surface area contributed by atoms with Crippen molar-refractivity contribution in [2.45, 2.75) is 19.8 Å². The SMILES string of the molecule is CCC(CS)CN(C)CC1CCN(C)C1. The average Bonchev–Trinajstić information content (AvgIpc) is 2.60. The Hall–Kier alpha value is 0.270. The van der Waals surface area contributed by atoms with Gasteiger partial charge in [0.05, 0.1) is 0 Å². The number of thiol groups is 1. The van der Waals surface area contributed by atoms with Gasteiger partial charge in [-0.1, -0.05) is 13.3 Å². The zero-order chi connectivity index (χ0) is 11.3. The Morgan fingerprint density at radius 3 is 2.73 bits per heavy atom. The normalized spacial score (nSPS) is 25.0. The van der Waals surface area contributed by atoms with Gasteiger partial charge in [0.15, 0.2) is 0 Å². The van der Waals surface area contributed by atoms with Gasteiger partial charge in [0.2, 0.25) is 0 Å². The average molecular weight is 230 g/mol. The molecular formula is C12H26N2S. The van der Waals surface area contributed by atoms with Crippen molar-refractivity contribution in [3.05, 3.63) is 0 Å². The molecule has 0 N–H and O–H groups in total. The van der Waals surface area contributed by atoms with Crippen LogP contribution in [-0.2, 0) is 0 Å². The molecule has 15 heavy (non-hydrogen) atoms. The van der Waals surface area contributed by atoms with Crippen LogP contribution in [0.15, 0.2) is 0 Å². The Kier molecular flexibility index (Phi) is 6.02. The molecule has 0 bridgehead atoms. The summed E-state index contributed by atoms with van der Waals surface area (Å²) < 4.78 is 0. The van der Waals surface area contributed by atoms with Crippen molar-refractivity contribution < 1.29 is 0 Å². The van der Waals surface area contributed by atoms with Gasteiger partial charge in [0.25, 0.3) is 0 Å². The quantitative estimate of drug-likeness (QED) is 0.696. The van der Waals surface area contributed by atoms with Crippen molar-refractivity contribution in [3.8, 4) is 0 Å². The third-order valence-electron chi connectivity index (χ3n) is 3.46. The van der Waals surface area contributed by atoms with Crippen LogP contribution in [0.25, 0.3) is 0 Å². The molecule has 2 atom stereocenters. The van der Waals surface area contributed by atoms with Crippen LogP contribution in [0.5, 0.6) is 0 Å². The second-order valence-corrected chi connectivity index (χ2v) is 5.46. The van der Waals surface area contributed by atoms with Crippen LogP contribution >= 0.6 is 12.6 Å². The molecule has 0 aromatic carbocycles. The van der Waals surface area contributed by atoms with Crippen LogP contribution in [0.2, 0.25) is 0 Å². The fourth-order valence-corrected chi connectivity index (χ4v) is 2.82. The van der Waals surface area contributed by atoms with Crippen LogP contribution in [0.3, 0.4) is 0 Å². The highest BCUT2D eigenvalue weighted by molar-refractivity contribution is 7.80. The number of likely N-dealkylation sites (tertiary alicyclic amines) is 1. The van der Waals surface area contributed by atoms with Gasteiger partial charge < -0.3 is 9.80 Å². The second-order valence-electron chi connectivity index (χ2n) is 5.10. The van der Waals surface area contributed by atoms with Crippen LogP contribution < -0.4 is 0 Å². The van der Waals surface area contributed by atoms with Crippen molar-refractivity contribution in [1.29, 1.82) is 0 Å². The summed E-state index contributed by atoms with van der Waals surface area (Å²) in [5, 5.41) is 0. The summed E-state index contributed by atoms with van der Waals surface area (Å²) in [4.78, 5) is 4.93. The van der Waals surface area contributed by atoms with Crippen LogP contribution in [0, 0.1) is 11.8 Å². The van der Waals surface area contributed by atoms with Crippen molar-refractivity contribution in [1.82, 2.24) is 9.80 Å². The van der Waals surface area contributed by atoms with E-state index in [0.29, 0.717) is 0 Å². The Balaban J connectivity index is 2.20. The van der Waals surface area contributed by atoms with Gasteiger partial charge in [-0.2, -0.15) is 12.6 Å². The Labute approximate surface area is 100 Å². The zero-order valence-electron chi connectivity index (χ0n) is 10.4. The fraction of sp³-hybridized carbons (Fsp3) is 1.00. The lowest BCUT2D eigenvalue weighted by Gasteiger charge is -2.24. The Morgan fingerprint density at radius 1 is 1.53 bits per heavy atom. The van der Waals surface area contributed by atoms with Gasteiger partial charge >= 0.3 is 0 Å². The van der Waals surface area contributed by atoms with Crippen LogP contribution in [0.4, 0.5) is 0 Å². The standard InChI is InChI=1S/C12H26N2S/c1-4-11(10-15)7-14(3)9-12-5-6-13(2)8-12/h11-12,15H,4-10H2,1-3H3. The summed E-state index contributed by atoms with van der Waals surface area (Å²) in [6.07, 6.45) is 2.62. The zero-order valence-corrected chi connectivity index (χ0v) is 11.3. The van der Waals surface area contributed by atoms with E-state index in [9.17, 15) is 0 Å². The lowest BCUT2D eigenvalue weighted by Crippen LogP contribution is -2.32. The first-order chi connectivity index (χ1) is 7.15. The number of nitrogens with zero attached hydrogens (tertiary/aromatic N) is 2. The molecule has 0 saturated carbocycles. The third-order valence-corrected chi connectivity index (χ3v) is 3.98. The van der Waals surface area contributed by atoms with E-state index in [4.69, 9.17) is 0 Å². The van der Waals surface area contributed by atoms with E-state index in [1.54, 1.807) is 0 Å². The molecule has 90 valence electrons. The maximum Gasteiger partial charge on any atom is 0.00194 e. The molecule has 1 aliphatic rings. The summed E-state index contributed by atoms with van der Waals surface area (Å²) in [5.74, 6) is 2.67. The number of hydrogen-bond acceptors (Lipinski definition) is 3. The topological polar surface area (TPSA) is 6.48 Å². The molecule has 0 spiro atoms. The van der Waals surface area contributed by atoms with Gasteiger partial charge in [-0.15, -0.1) is 0 Å². The van der Waals surface area contributed by atoms with E-state index >= 15 is 0 Å². The summed E-state index contributed by atoms with van der Waals surface area (Å²) in [5.41, 5.74) is 0. The minimum Gasteiger partial charge on any atom is -0.306 e. The summed E-state index contributed by atoms with van der Waals surface area (Å²) in [6, 6.07) is 0. The molecule has 1 aliphatic heterocycles. The summed E-state index contributed by atoms with van der Waals surface area (Å²) >= 11 is 4.40. The summed E-state index contributed by atoms with van der Waals surface area (Å²) in [6.45, 7) is 7.29. The van der Waals surface area contributed by atoms with Gasteiger partial charge in [-0.25, -0.2) is 0 Å². The molecule has 0 aromatic rings.